The summed E-state index contributed by atoms with van der Waals surface area (Å²) in [5.41, 5.74) is 1.24. The minimum Gasteiger partial charge on any atom is -0.332 e. The van der Waals surface area contributed by atoms with Crippen LogP contribution in [0.3, 0.4) is 0 Å². The molecule has 1 nitrogen and oxygen atoms in total. The van der Waals surface area contributed by atoms with E-state index in [4.69, 9.17) is 0 Å². The molecule has 0 bridgehead atoms. The molecule has 0 saturated carbocycles. The van der Waals surface area contributed by atoms with Crippen molar-refractivity contribution in [1.82, 2.24) is 4.72 Å². The molecular formula is C8H6NS. The van der Waals surface area contributed by atoms with Crippen LogP contribution in [0.25, 0.3) is 6.08 Å². The summed E-state index contributed by atoms with van der Waals surface area (Å²) in [6, 6.07) is 9.14. The van der Waals surface area contributed by atoms with Crippen LogP contribution in [0.5, 0.6) is 0 Å². The van der Waals surface area contributed by atoms with E-state index < -0.39 is 0 Å². The van der Waals surface area contributed by atoms with Gasteiger partial charge in [0.25, 0.3) is 0 Å². The predicted molar refractivity (Wildman–Crippen MR) is 43.3 cm³/mol. The molecule has 0 fully saturated rings. The zero-order chi connectivity index (χ0) is 6.81. The first-order valence-electron chi connectivity index (χ1n) is 3.06. The van der Waals surface area contributed by atoms with Crippen molar-refractivity contribution in [2.75, 3.05) is 0 Å². The van der Waals surface area contributed by atoms with Crippen molar-refractivity contribution in [3.63, 3.8) is 0 Å². The fourth-order valence-electron chi connectivity index (χ4n) is 0.871. The maximum absolute atomic E-state index is 3.14. The van der Waals surface area contributed by atoms with E-state index in [1.54, 1.807) is 11.9 Å². The van der Waals surface area contributed by atoms with E-state index in [0.29, 0.717) is 0 Å². The molecular weight excluding hydrogens is 142 g/mol. The lowest BCUT2D eigenvalue weighted by molar-refractivity contribution is 1.31. The Morgan fingerprint density at radius 3 is 3.40 bits per heavy atom. The van der Waals surface area contributed by atoms with Crippen LogP contribution in [0.4, 0.5) is 0 Å². The van der Waals surface area contributed by atoms with Crippen LogP contribution in [-0.2, 0) is 0 Å². The molecule has 2 heteroatoms. The number of hydrogen-bond acceptors (Lipinski definition) is 2. The van der Waals surface area contributed by atoms with E-state index in [0.717, 1.165) is 0 Å². The van der Waals surface area contributed by atoms with Crippen molar-refractivity contribution in [3.8, 4) is 0 Å². The lowest BCUT2D eigenvalue weighted by Crippen LogP contribution is -1.96. The van der Waals surface area contributed by atoms with Gasteiger partial charge in [0.05, 0.1) is 0 Å². The van der Waals surface area contributed by atoms with Crippen molar-refractivity contribution in [3.05, 3.63) is 36.0 Å². The molecule has 0 spiro atoms. The highest BCUT2D eigenvalue weighted by Crippen LogP contribution is 2.23. The zero-order valence-electron chi connectivity index (χ0n) is 5.29. The molecule has 10 heavy (non-hydrogen) atoms. The van der Waals surface area contributed by atoms with Crippen LogP contribution in [-0.4, -0.2) is 0 Å². The first-order chi connectivity index (χ1) is 4.97. The lowest BCUT2D eigenvalue weighted by atomic mass is 10.2. The molecule has 0 atom stereocenters. The molecule has 1 aliphatic rings. The number of fused-ring (bicyclic) bond motifs is 1. The minimum atomic E-state index is 1.17. The van der Waals surface area contributed by atoms with Crippen molar-refractivity contribution < 1.29 is 0 Å². The van der Waals surface area contributed by atoms with Crippen molar-refractivity contribution in [2.24, 2.45) is 0 Å². The Morgan fingerprint density at radius 1 is 1.50 bits per heavy atom. The summed E-state index contributed by atoms with van der Waals surface area (Å²) in [6.07, 6.45) is 3.98. The third kappa shape index (κ3) is 0.907. The van der Waals surface area contributed by atoms with Gasteiger partial charge in [-0.25, -0.2) is 0 Å². The van der Waals surface area contributed by atoms with Crippen LogP contribution in [0.1, 0.15) is 5.56 Å². The van der Waals surface area contributed by atoms with Gasteiger partial charge in [0.1, 0.15) is 0 Å². The Balaban J connectivity index is 2.54. The Morgan fingerprint density at radius 2 is 2.50 bits per heavy atom. The average Bonchev–Trinajstić information content (AvgIpc) is 2.05. The van der Waals surface area contributed by atoms with E-state index in [1.807, 2.05) is 24.4 Å². The normalized spacial score (nSPS) is 14.0. The quantitative estimate of drug-likeness (QED) is 0.565. The summed E-state index contributed by atoms with van der Waals surface area (Å²) in [5, 5.41) is 0. The Bertz CT molecular complexity index is 268. The third-order valence-corrected chi connectivity index (χ3v) is 2.15. The van der Waals surface area contributed by atoms with Gasteiger partial charge in [0, 0.05) is 11.1 Å². The fraction of sp³-hybridized carbons (Fsp3) is 0. The van der Waals surface area contributed by atoms with E-state index in [-0.39, 0.29) is 0 Å². The second-order valence-electron chi connectivity index (χ2n) is 2.01. The van der Waals surface area contributed by atoms with Gasteiger partial charge in [-0.2, -0.15) is 0 Å². The van der Waals surface area contributed by atoms with Gasteiger partial charge >= 0.3 is 0 Å². The monoisotopic (exact) mass is 148 g/mol. The van der Waals surface area contributed by atoms with Gasteiger partial charge in [-0.05, 0) is 29.7 Å². The highest BCUT2D eigenvalue weighted by atomic mass is 32.2. The van der Waals surface area contributed by atoms with Gasteiger partial charge in [-0.3, -0.25) is 0 Å². The van der Waals surface area contributed by atoms with Crippen molar-refractivity contribution in [2.45, 2.75) is 4.90 Å². The smallest absolute Gasteiger partial charge is 0.0436 e. The van der Waals surface area contributed by atoms with Gasteiger partial charge in [0.15, 0.2) is 0 Å². The summed E-state index contributed by atoms with van der Waals surface area (Å²) in [6.45, 7) is 0. The molecule has 1 heterocycles. The van der Waals surface area contributed by atoms with Crippen LogP contribution < -0.4 is 4.72 Å². The molecule has 0 amide bonds. The SMILES string of the molecule is [c]1cccc2c1SNC=C2. The average molecular weight is 148 g/mol. The molecule has 1 aromatic rings. The van der Waals surface area contributed by atoms with Crippen LogP contribution in [0, 0.1) is 6.07 Å². The van der Waals surface area contributed by atoms with Crippen LogP contribution in [0.2, 0.25) is 0 Å². The molecule has 0 aliphatic carbocycles. The second kappa shape index (κ2) is 2.39. The molecule has 0 saturated heterocycles. The van der Waals surface area contributed by atoms with Crippen LogP contribution >= 0.6 is 11.9 Å². The van der Waals surface area contributed by atoms with Crippen molar-refractivity contribution >= 4 is 18.0 Å². The highest BCUT2D eigenvalue weighted by molar-refractivity contribution is 7.97. The summed E-state index contributed by atoms with van der Waals surface area (Å²) in [4.78, 5) is 1.17. The van der Waals surface area contributed by atoms with E-state index in [2.05, 4.69) is 16.9 Å². The maximum atomic E-state index is 3.14. The Labute approximate surface area is 64.3 Å². The third-order valence-electron chi connectivity index (χ3n) is 1.34. The second-order valence-corrected chi connectivity index (χ2v) is 2.86. The first kappa shape index (κ1) is 5.86. The lowest BCUT2D eigenvalue weighted by Gasteiger charge is -2.08. The van der Waals surface area contributed by atoms with E-state index in [1.165, 1.54) is 10.5 Å². The highest BCUT2D eigenvalue weighted by Gasteiger charge is 2.01. The zero-order valence-corrected chi connectivity index (χ0v) is 6.11. The van der Waals surface area contributed by atoms with Gasteiger partial charge in [-0.15, -0.1) is 0 Å². The number of hydrogen-bond donors (Lipinski definition) is 1. The van der Waals surface area contributed by atoms with E-state index >= 15 is 0 Å². The molecule has 0 aromatic heterocycles. The number of nitrogens with one attached hydrogen (secondary N) is 1. The predicted octanol–water partition coefficient (Wildman–Crippen LogP) is 2.07. The van der Waals surface area contributed by atoms with Crippen molar-refractivity contribution in [1.29, 1.82) is 0 Å². The summed E-state index contributed by atoms with van der Waals surface area (Å²) >= 11 is 1.60. The largest absolute Gasteiger partial charge is 0.332 e. The number of rotatable bonds is 0. The van der Waals surface area contributed by atoms with Gasteiger partial charge in [-0.1, -0.05) is 18.2 Å². The number of benzene rings is 1. The molecule has 49 valence electrons. The van der Waals surface area contributed by atoms with Gasteiger partial charge in [0.2, 0.25) is 0 Å². The van der Waals surface area contributed by atoms with E-state index in [9.17, 15) is 0 Å². The molecule has 2 rings (SSSR count). The molecule has 1 aromatic carbocycles. The van der Waals surface area contributed by atoms with Crippen LogP contribution in [0.15, 0.2) is 29.3 Å². The maximum Gasteiger partial charge on any atom is 0.0436 e. The summed E-state index contributed by atoms with van der Waals surface area (Å²) in [7, 11) is 0. The molecule has 1 aliphatic heterocycles. The molecule has 1 radical (unpaired) electrons. The summed E-state index contributed by atoms with van der Waals surface area (Å²) in [5.74, 6) is 0. The van der Waals surface area contributed by atoms with Gasteiger partial charge < -0.3 is 4.72 Å². The topological polar surface area (TPSA) is 12.0 Å². The Kier molecular flexibility index (Phi) is 1.40. The Hall–Kier alpha value is -0.890. The molecule has 1 N–H and O–H groups in total. The molecule has 0 unspecified atom stereocenters. The summed E-state index contributed by atoms with van der Waals surface area (Å²) < 4.78 is 3.05. The minimum absolute atomic E-state index is 1.17. The first-order valence-corrected chi connectivity index (χ1v) is 3.88. The standard InChI is InChI=1S/C8H6NS/c1-2-4-8-7(3-1)5-6-9-10-8/h1-3,5-6,9H. The fourth-order valence-corrected chi connectivity index (χ4v) is 1.51.